The van der Waals surface area contributed by atoms with Crippen LogP contribution in [0.25, 0.3) is 28.4 Å². The largest absolute Gasteiger partial charge is 0.493 e. The molecule has 0 aliphatic carbocycles. The Morgan fingerprint density at radius 1 is 1.00 bits per heavy atom. The zero-order valence-electron chi connectivity index (χ0n) is 23.7. The van der Waals surface area contributed by atoms with Gasteiger partial charge in [-0.25, -0.2) is 23.1 Å². The number of hydrogen-bond donors (Lipinski definition) is 0. The number of rotatable bonds is 9. The monoisotopic (exact) mass is 568 g/mol. The molecule has 4 heterocycles. The van der Waals surface area contributed by atoms with Gasteiger partial charge >= 0.3 is 0 Å². The van der Waals surface area contributed by atoms with Crippen LogP contribution in [0.3, 0.4) is 0 Å². The smallest absolute Gasteiger partial charge is 0.281 e. The molecule has 12 nitrogen and oxygen atoms in total. The van der Waals surface area contributed by atoms with Crippen molar-refractivity contribution in [3.05, 3.63) is 46.6 Å². The minimum absolute atomic E-state index is 0.141. The maximum absolute atomic E-state index is 13.7. The topological polar surface area (TPSA) is 120 Å². The quantitative estimate of drug-likeness (QED) is 0.301. The van der Waals surface area contributed by atoms with E-state index in [1.165, 1.54) is 8.87 Å². The van der Waals surface area contributed by atoms with Crippen molar-refractivity contribution in [1.29, 1.82) is 0 Å². The lowest BCUT2D eigenvalue weighted by molar-refractivity contribution is 0.222. The second-order valence-electron chi connectivity index (χ2n) is 10.2. The molecule has 3 aromatic heterocycles. The van der Waals surface area contributed by atoms with Crippen molar-refractivity contribution in [2.45, 2.75) is 38.0 Å². The molecule has 0 unspecified atom stereocenters. The van der Waals surface area contributed by atoms with Crippen LogP contribution in [0.4, 0.5) is 0 Å². The summed E-state index contributed by atoms with van der Waals surface area (Å²) in [4.78, 5) is 25.3. The van der Waals surface area contributed by atoms with Crippen molar-refractivity contribution in [1.82, 2.24) is 38.1 Å². The minimum atomic E-state index is -3.76. The highest BCUT2D eigenvalue weighted by Gasteiger charge is 2.29. The normalized spacial score (nSPS) is 15.2. The zero-order valence-corrected chi connectivity index (χ0v) is 24.5. The van der Waals surface area contributed by atoms with E-state index in [0.717, 1.165) is 18.5 Å². The number of imidazole rings is 1. The molecule has 0 spiro atoms. The molecule has 1 aliphatic rings. The van der Waals surface area contributed by atoms with Crippen LogP contribution in [0.1, 0.15) is 32.4 Å². The Morgan fingerprint density at radius 3 is 2.40 bits per heavy atom. The lowest BCUT2D eigenvalue weighted by atomic mass is 10.1. The highest BCUT2D eigenvalue weighted by molar-refractivity contribution is 7.89. The number of sulfonamides is 1. The van der Waals surface area contributed by atoms with Gasteiger partial charge in [0.2, 0.25) is 16.0 Å². The van der Waals surface area contributed by atoms with Gasteiger partial charge in [-0.2, -0.15) is 9.40 Å². The van der Waals surface area contributed by atoms with E-state index in [4.69, 9.17) is 9.72 Å². The Balaban J connectivity index is 1.71. The molecular formula is C27H36N8O4S. The molecule has 0 atom stereocenters. The fourth-order valence-electron chi connectivity index (χ4n) is 4.93. The molecule has 5 rings (SSSR count). The first-order valence-corrected chi connectivity index (χ1v) is 15.0. The summed E-state index contributed by atoms with van der Waals surface area (Å²) in [7, 11) is 1.71. The van der Waals surface area contributed by atoms with Crippen LogP contribution < -0.4 is 10.3 Å². The van der Waals surface area contributed by atoms with E-state index < -0.39 is 10.0 Å². The van der Waals surface area contributed by atoms with Crippen LogP contribution in [0.15, 0.2) is 40.3 Å². The molecule has 0 amide bonds. The Kier molecular flexibility index (Phi) is 7.80. The van der Waals surface area contributed by atoms with E-state index in [-0.39, 0.29) is 16.0 Å². The molecule has 1 saturated heterocycles. The number of likely N-dealkylation sites (N-methyl/N-ethyl adjacent to an activating group) is 1. The van der Waals surface area contributed by atoms with Crippen LogP contribution in [-0.2, 0) is 30.5 Å². The molecule has 0 N–H and O–H groups in total. The Morgan fingerprint density at radius 2 is 1.75 bits per heavy atom. The van der Waals surface area contributed by atoms with E-state index >= 15 is 0 Å². The average molecular weight is 569 g/mol. The summed E-state index contributed by atoms with van der Waals surface area (Å²) in [6.45, 7) is 6.64. The number of ether oxygens (including phenoxy) is 1. The average Bonchev–Trinajstić information content (AvgIpc) is 3.53. The lowest BCUT2D eigenvalue weighted by Crippen LogP contribution is -2.47. The SMILES string of the molecule is CCCOc1ccc(S(=O)(=O)N2CCN(C)CC2)cc1-c1nc2c(CCC)n(-c3nccn3C)nc2c(=O)n1C. The number of benzene rings is 1. The first kappa shape index (κ1) is 28.0. The molecule has 40 heavy (non-hydrogen) atoms. The highest BCUT2D eigenvalue weighted by atomic mass is 32.2. The summed E-state index contributed by atoms with van der Waals surface area (Å²) in [5.74, 6) is 1.36. The molecular weight excluding hydrogens is 532 g/mol. The van der Waals surface area contributed by atoms with Crippen molar-refractivity contribution >= 4 is 21.1 Å². The van der Waals surface area contributed by atoms with Crippen molar-refractivity contribution in [3.8, 4) is 23.1 Å². The number of piperazine rings is 1. The van der Waals surface area contributed by atoms with E-state index in [9.17, 15) is 13.2 Å². The van der Waals surface area contributed by atoms with Gasteiger partial charge in [0.15, 0.2) is 5.52 Å². The maximum atomic E-state index is 13.7. The second-order valence-corrected chi connectivity index (χ2v) is 12.1. The standard InChI is InChI=1S/C27H36N8O4S/c1-6-8-21-23-24(30-35(21)27-28-11-12-32(27)4)26(36)33(5)25(29-23)20-18-19(9-10-22(20)39-17-7-2)40(37,38)34-15-13-31(3)14-16-34/h9-12,18H,6-8,13-17H2,1-5H3. The molecule has 1 fully saturated rings. The number of aryl methyl sites for hydroxylation is 2. The summed E-state index contributed by atoms with van der Waals surface area (Å²) >= 11 is 0. The van der Waals surface area contributed by atoms with Gasteiger partial charge in [0.05, 0.1) is 22.8 Å². The van der Waals surface area contributed by atoms with Crippen molar-refractivity contribution in [2.75, 3.05) is 39.8 Å². The fraction of sp³-hybridized carbons (Fsp3) is 0.481. The van der Waals surface area contributed by atoms with E-state index in [0.29, 0.717) is 67.8 Å². The summed E-state index contributed by atoms with van der Waals surface area (Å²) in [5, 5.41) is 4.63. The van der Waals surface area contributed by atoms with E-state index in [1.807, 2.05) is 38.7 Å². The summed E-state index contributed by atoms with van der Waals surface area (Å²) in [5.41, 5.74) is 1.58. The lowest BCUT2D eigenvalue weighted by Gasteiger charge is -2.31. The summed E-state index contributed by atoms with van der Waals surface area (Å²) < 4.78 is 39.7. The van der Waals surface area contributed by atoms with Gasteiger partial charge in [0.1, 0.15) is 17.1 Å². The molecule has 1 aliphatic heterocycles. The number of fused-ring (bicyclic) bond motifs is 1. The molecule has 13 heteroatoms. The molecule has 4 aromatic rings. The zero-order chi connectivity index (χ0) is 28.6. The fourth-order valence-corrected chi connectivity index (χ4v) is 6.38. The van der Waals surface area contributed by atoms with Crippen LogP contribution >= 0.6 is 0 Å². The van der Waals surface area contributed by atoms with Crippen LogP contribution in [0.5, 0.6) is 5.75 Å². The molecule has 0 radical (unpaired) electrons. The number of nitrogens with zero attached hydrogens (tertiary/aromatic N) is 8. The Bertz CT molecular complexity index is 1700. The number of aromatic nitrogens is 6. The van der Waals surface area contributed by atoms with E-state index in [1.54, 1.807) is 36.1 Å². The molecule has 0 bridgehead atoms. The van der Waals surface area contributed by atoms with Gasteiger partial charge in [0.25, 0.3) is 5.56 Å². The number of hydrogen-bond acceptors (Lipinski definition) is 8. The van der Waals surface area contributed by atoms with Crippen LogP contribution in [-0.4, -0.2) is 86.3 Å². The Hall–Kier alpha value is -3.55. The highest BCUT2D eigenvalue weighted by Crippen LogP contribution is 2.33. The molecule has 0 saturated carbocycles. The third kappa shape index (κ3) is 4.93. The van der Waals surface area contributed by atoms with Gasteiger partial charge in [-0.05, 0) is 38.1 Å². The summed E-state index contributed by atoms with van der Waals surface area (Å²) in [6.07, 6.45) is 5.69. The van der Waals surface area contributed by atoms with Gasteiger partial charge in [-0.1, -0.05) is 20.3 Å². The van der Waals surface area contributed by atoms with Gasteiger partial charge in [-0.3, -0.25) is 9.36 Å². The predicted octanol–water partition coefficient (Wildman–Crippen LogP) is 2.20. The third-order valence-electron chi connectivity index (χ3n) is 7.22. The second kappa shape index (κ2) is 11.1. The van der Waals surface area contributed by atoms with Gasteiger partial charge in [-0.15, -0.1) is 0 Å². The first-order valence-electron chi connectivity index (χ1n) is 13.6. The minimum Gasteiger partial charge on any atom is -0.493 e. The maximum Gasteiger partial charge on any atom is 0.281 e. The van der Waals surface area contributed by atoms with Crippen LogP contribution in [0.2, 0.25) is 0 Å². The third-order valence-corrected chi connectivity index (χ3v) is 9.12. The Labute approximate surface area is 233 Å². The van der Waals surface area contributed by atoms with Crippen molar-refractivity contribution in [3.63, 3.8) is 0 Å². The van der Waals surface area contributed by atoms with E-state index in [2.05, 4.69) is 15.0 Å². The van der Waals surface area contributed by atoms with Crippen molar-refractivity contribution in [2.24, 2.45) is 14.1 Å². The van der Waals surface area contributed by atoms with Gasteiger partial charge in [0, 0.05) is 52.7 Å². The van der Waals surface area contributed by atoms with Gasteiger partial charge < -0.3 is 14.2 Å². The van der Waals surface area contributed by atoms with Crippen LogP contribution in [0, 0.1) is 0 Å². The predicted molar refractivity (Wildman–Crippen MR) is 152 cm³/mol. The summed E-state index contributed by atoms with van der Waals surface area (Å²) in [6, 6.07) is 4.81. The first-order chi connectivity index (χ1) is 19.2. The molecule has 214 valence electrons. The molecule has 1 aromatic carbocycles. The van der Waals surface area contributed by atoms with Crippen molar-refractivity contribution < 1.29 is 13.2 Å².